The van der Waals surface area contributed by atoms with Gasteiger partial charge in [0.25, 0.3) is 0 Å². The van der Waals surface area contributed by atoms with Gasteiger partial charge in [0.05, 0.1) is 5.69 Å². The van der Waals surface area contributed by atoms with Crippen LogP contribution in [0.2, 0.25) is 0 Å². The molecular weight excluding hydrogens is 252 g/mol. The molecule has 2 aromatic rings. The van der Waals surface area contributed by atoms with E-state index in [0.29, 0.717) is 6.42 Å². The van der Waals surface area contributed by atoms with E-state index in [1.54, 1.807) is 13.2 Å². The lowest BCUT2D eigenvalue weighted by atomic mass is 10.1. The highest BCUT2D eigenvalue weighted by Crippen LogP contribution is 2.12. The zero-order valence-corrected chi connectivity index (χ0v) is 11.7. The molecule has 20 heavy (non-hydrogen) atoms. The predicted octanol–water partition coefficient (Wildman–Crippen LogP) is 1.49. The van der Waals surface area contributed by atoms with Crippen molar-refractivity contribution in [2.45, 2.75) is 19.4 Å². The van der Waals surface area contributed by atoms with Gasteiger partial charge in [-0.1, -0.05) is 18.2 Å². The third-order valence-electron chi connectivity index (χ3n) is 3.09. The number of hydrogen-bond acceptors (Lipinski definition) is 3. The van der Waals surface area contributed by atoms with Gasteiger partial charge in [-0.3, -0.25) is 4.79 Å². The second-order valence-electron chi connectivity index (χ2n) is 4.53. The first-order valence-corrected chi connectivity index (χ1v) is 6.80. The predicted molar refractivity (Wildman–Crippen MR) is 78.6 cm³/mol. The average Bonchev–Trinajstić information content (AvgIpc) is 3.01. The Morgan fingerprint density at radius 3 is 2.90 bits per heavy atom. The Morgan fingerprint density at radius 1 is 1.30 bits per heavy atom. The van der Waals surface area contributed by atoms with Crippen molar-refractivity contribution in [1.29, 1.82) is 0 Å². The number of benzene rings is 1. The molecule has 0 spiro atoms. The summed E-state index contributed by atoms with van der Waals surface area (Å²) in [6, 6.07) is 10.1. The van der Waals surface area contributed by atoms with Crippen LogP contribution >= 0.6 is 0 Å². The number of nitrogens with zero attached hydrogens (tertiary/aromatic N) is 2. The molecule has 5 heteroatoms. The smallest absolute Gasteiger partial charge is 0.219 e. The molecule has 5 nitrogen and oxygen atoms in total. The highest BCUT2D eigenvalue weighted by atomic mass is 16.1. The Hall–Kier alpha value is -2.14. The molecule has 0 aliphatic heterocycles. The minimum Gasteiger partial charge on any atom is -0.359 e. The quantitative estimate of drug-likeness (QED) is 0.751. The molecule has 2 N–H and O–H groups in total. The molecule has 0 saturated carbocycles. The molecule has 0 unspecified atom stereocenters. The fraction of sp³-hybridized carbons (Fsp3) is 0.333. The van der Waals surface area contributed by atoms with Crippen molar-refractivity contribution in [3.63, 3.8) is 0 Å². The summed E-state index contributed by atoms with van der Waals surface area (Å²) in [5.74, 6) is 0.0868. The van der Waals surface area contributed by atoms with Crippen LogP contribution in [0.25, 0.3) is 5.69 Å². The van der Waals surface area contributed by atoms with Gasteiger partial charge in [-0.2, -0.15) is 5.10 Å². The first-order chi connectivity index (χ1) is 9.81. The molecule has 1 aromatic carbocycles. The van der Waals surface area contributed by atoms with E-state index in [1.165, 1.54) is 5.56 Å². The lowest BCUT2D eigenvalue weighted by molar-refractivity contribution is -0.120. The fourth-order valence-electron chi connectivity index (χ4n) is 2.02. The zero-order valence-electron chi connectivity index (χ0n) is 11.7. The molecule has 0 saturated heterocycles. The maximum absolute atomic E-state index is 11.1. The number of hydrogen-bond donors (Lipinski definition) is 2. The van der Waals surface area contributed by atoms with Crippen LogP contribution in [-0.2, 0) is 11.3 Å². The zero-order chi connectivity index (χ0) is 14.2. The Bertz CT molecular complexity index is 537. The topological polar surface area (TPSA) is 59.0 Å². The van der Waals surface area contributed by atoms with Crippen LogP contribution in [-0.4, -0.2) is 29.3 Å². The van der Waals surface area contributed by atoms with Crippen molar-refractivity contribution in [2.24, 2.45) is 0 Å². The van der Waals surface area contributed by atoms with Crippen molar-refractivity contribution in [3.8, 4) is 5.69 Å². The Kier molecular flexibility index (Phi) is 5.32. The van der Waals surface area contributed by atoms with Crippen LogP contribution in [0.1, 0.15) is 18.4 Å². The molecule has 1 amide bonds. The van der Waals surface area contributed by atoms with Crippen molar-refractivity contribution >= 4 is 5.91 Å². The molecule has 106 valence electrons. The second kappa shape index (κ2) is 7.45. The summed E-state index contributed by atoms with van der Waals surface area (Å²) >= 11 is 0. The van der Waals surface area contributed by atoms with Crippen LogP contribution in [0.3, 0.4) is 0 Å². The van der Waals surface area contributed by atoms with Crippen LogP contribution in [0.4, 0.5) is 0 Å². The first kappa shape index (κ1) is 14.3. The molecule has 0 bridgehead atoms. The largest absolute Gasteiger partial charge is 0.359 e. The second-order valence-corrected chi connectivity index (χ2v) is 4.53. The van der Waals surface area contributed by atoms with Crippen LogP contribution < -0.4 is 10.6 Å². The highest BCUT2D eigenvalue weighted by Gasteiger charge is 2.03. The normalized spacial score (nSPS) is 10.4. The molecule has 0 aliphatic rings. The summed E-state index contributed by atoms with van der Waals surface area (Å²) in [5.41, 5.74) is 2.27. The molecule has 1 aromatic heterocycles. The van der Waals surface area contributed by atoms with Gasteiger partial charge in [0.1, 0.15) is 0 Å². The van der Waals surface area contributed by atoms with E-state index in [0.717, 1.165) is 25.2 Å². The van der Waals surface area contributed by atoms with E-state index in [9.17, 15) is 4.79 Å². The lowest BCUT2D eigenvalue weighted by Gasteiger charge is -2.10. The van der Waals surface area contributed by atoms with Crippen LogP contribution in [0, 0.1) is 0 Å². The van der Waals surface area contributed by atoms with E-state index in [4.69, 9.17) is 0 Å². The van der Waals surface area contributed by atoms with Gasteiger partial charge in [-0.05, 0) is 30.7 Å². The van der Waals surface area contributed by atoms with Gasteiger partial charge < -0.3 is 10.6 Å². The van der Waals surface area contributed by atoms with Crippen molar-refractivity contribution < 1.29 is 4.79 Å². The summed E-state index contributed by atoms with van der Waals surface area (Å²) in [5, 5.41) is 10.2. The molecule has 0 atom stereocenters. The molecule has 0 aliphatic carbocycles. The van der Waals surface area contributed by atoms with Crippen molar-refractivity contribution in [2.75, 3.05) is 13.6 Å². The van der Waals surface area contributed by atoms with Crippen LogP contribution in [0.15, 0.2) is 42.7 Å². The standard InChI is InChI=1S/C15H20N4O/c1-16-15(20)8-4-9-17-12-13-6-2-3-7-14(13)19-11-5-10-18-19/h2-3,5-7,10-11,17H,4,8-9,12H2,1H3,(H,16,20). The number of para-hydroxylation sites is 1. The number of carbonyl (C=O) groups excluding carboxylic acids is 1. The number of aromatic nitrogens is 2. The van der Waals surface area contributed by atoms with E-state index < -0.39 is 0 Å². The Labute approximate surface area is 119 Å². The Morgan fingerprint density at radius 2 is 2.15 bits per heavy atom. The summed E-state index contributed by atoms with van der Waals surface area (Å²) in [6.07, 6.45) is 5.10. The minimum absolute atomic E-state index is 0.0868. The summed E-state index contributed by atoms with van der Waals surface area (Å²) in [7, 11) is 1.66. The third-order valence-corrected chi connectivity index (χ3v) is 3.09. The number of carbonyl (C=O) groups is 1. The van der Waals surface area contributed by atoms with Gasteiger partial charge in [-0.25, -0.2) is 4.68 Å². The van der Waals surface area contributed by atoms with E-state index in [-0.39, 0.29) is 5.91 Å². The highest BCUT2D eigenvalue weighted by molar-refractivity contribution is 5.75. The van der Waals surface area contributed by atoms with Gasteiger partial charge in [0.15, 0.2) is 0 Å². The molecule has 0 radical (unpaired) electrons. The van der Waals surface area contributed by atoms with E-state index >= 15 is 0 Å². The monoisotopic (exact) mass is 272 g/mol. The van der Waals surface area contributed by atoms with Gasteiger partial charge in [0.2, 0.25) is 5.91 Å². The summed E-state index contributed by atoms with van der Waals surface area (Å²) in [6.45, 7) is 1.59. The van der Waals surface area contributed by atoms with E-state index in [2.05, 4.69) is 27.9 Å². The minimum atomic E-state index is 0.0868. The first-order valence-electron chi connectivity index (χ1n) is 6.80. The average molecular weight is 272 g/mol. The molecule has 0 fully saturated rings. The molecule has 1 heterocycles. The van der Waals surface area contributed by atoms with Crippen molar-refractivity contribution in [3.05, 3.63) is 48.3 Å². The Balaban J connectivity index is 1.86. The third kappa shape index (κ3) is 3.93. The van der Waals surface area contributed by atoms with Gasteiger partial charge in [-0.15, -0.1) is 0 Å². The number of amides is 1. The van der Waals surface area contributed by atoms with E-state index in [1.807, 2.05) is 29.1 Å². The van der Waals surface area contributed by atoms with Gasteiger partial charge >= 0.3 is 0 Å². The summed E-state index contributed by atoms with van der Waals surface area (Å²) < 4.78 is 1.86. The maximum atomic E-state index is 11.1. The SMILES string of the molecule is CNC(=O)CCCNCc1ccccc1-n1cccn1. The summed E-state index contributed by atoms with van der Waals surface area (Å²) in [4.78, 5) is 11.1. The maximum Gasteiger partial charge on any atom is 0.219 e. The fourth-order valence-corrected chi connectivity index (χ4v) is 2.02. The number of rotatable bonds is 7. The van der Waals surface area contributed by atoms with Crippen LogP contribution in [0.5, 0.6) is 0 Å². The molecular formula is C15H20N4O. The number of nitrogens with one attached hydrogen (secondary N) is 2. The molecule has 2 rings (SSSR count). The van der Waals surface area contributed by atoms with Gasteiger partial charge in [0, 0.05) is 32.4 Å². The van der Waals surface area contributed by atoms with Crippen molar-refractivity contribution in [1.82, 2.24) is 20.4 Å². The lowest BCUT2D eigenvalue weighted by Crippen LogP contribution is -2.21.